The van der Waals surface area contributed by atoms with Crippen LogP contribution in [0.5, 0.6) is 0 Å². The largest absolute Gasteiger partial charge is 0.398 e. The van der Waals surface area contributed by atoms with Gasteiger partial charge in [0.25, 0.3) is 0 Å². The summed E-state index contributed by atoms with van der Waals surface area (Å²) < 4.78 is 47.5. The number of aryl methyl sites for hydroxylation is 1. The molecule has 7 heteroatoms. The van der Waals surface area contributed by atoms with Crippen molar-refractivity contribution in [3.63, 3.8) is 0 Å². The summed E-state index contributed by atoms with van der Waals surface area (Å²) in [6.45, 7) is 1.93. The van der Waals surface area contributed by atoms with Crippen LogP contribution in [0.15, 0.2) is 23.1 Å². The number of sulfone groups is 2. The van der Waals surface area contributed by atoms with Crippen LogP contribution in [0, 0.1) is 0 Å². The third-order valence-corrected chi connectivity index (χ3v) is 7.63. The van der Waals surface area contributed by atoms with E-state index in [0.29, 0.717) is 5.69 Å². The molecular formula is C12H17NO4S2. The Hall–Kier alpha value is -1.08. The summed E-state index contributed by atoms with van der Waals surface area (Å²) in [5, 5.41) is -0.843. The zero-order valence-corrected chi connectivity index (χ0v) is 12.3. The summed E-state index contributed by atoms with van der Waals surface area (Å²) >= 11 is 0. The minimum Gasteiger partial charge on any atom is -0.398 e. The van der Waals surface area contributed by atoms with E-state index in [-0.39, 0.29) is 22.8 Å². The third kappa shape index (κ3) is 2.76. The van der Waals surface area contributed by atoms with Crippen molar-refractivity contribution in [2.75, 3.05) is 17.2 Å². The molecule has 0 amide bonds. The van der Waals surface area contributed by atoms with Gasteiger partial charge in [-0.1, -0.05) is 13.0 Å². The topological polar surface area (TPSA) is 94.3 Å². The molecule has 19 heavy (non-hydrogen) atoms. The number of hydrogen-bond donors (Lipinski definition) is 1. The zero-order valence-electron chi connectivity index (χ0n) is 10.7. The summed E-state index contributed by atoms with van der Waals surface area (Å²) in [6, 6.07) is 4.63. The molecule has 2 rings (SSSR count). The Bertz CT molecular complexity index is 692. The molecule has 1 heterocycles. The second kappa shape index (κ2) is 4.79. The molecule has 1 aromatic carbocycles. The predicted molar refractivity (Wildman–Crippen MR) is 74.5 cm³/mol. The van der Waals surface area contributed by atoms with E-state index < -0.39 is 24.9 Å². The van der Waals surface area contributed by atoms with Crippen molar-refractivity contribution in [3.8, 4) is 0 Å². The quantitative estimate of drug-likeness (QED) is 0.833. The molecule has 0 saturated carbocycles. The van der Waals surface area contributed by atoms with E-state index >= 15 is 0 Å². The van der Waals surface area contributed by atoms with Gasteiger partial charge < -0.3 is 5.73 Å². The van der Waals surface area contributed by atoms with Crippen LogP contribution in [0.25, 0.3) is 0 Å². The summed E-state index contributed by atoms with van der Waals surface area (Å²) in [5.74, 6) is -0.343. The van der Waals surface area contributed by atoms with Gasteiger partial charge in [0.1, 0.15) is 0 Å². The van der Waals surface area contributed by atoms with Crippen LogP contribution in [0.1, 0.15) is 18.9 Å². The molecule has 0 bridgehead atoms. The first-order chi connectivity index (χ1) is 8.76. The molecule has 0 radical (unpaired) electrons. The van der Waals surface area contributed by atoms with Crippen LogP contribution in [0.3, 0.4) is 0 Å². The predicted octanol–water partition coefficient (Wildman–Crippen LogP) is 0.792. The number of nitrogens with two attached hydrogens (primary N) is 1. The second-order valence-electron chi connectivity index (χ2n) is 4.78. The lowest BCUT2D eigenvalue weighted by atomic mass is 10.1. The summed E-state index contributed by atoms with van der Waals surface area (Å²) in [5.41, 5.74) is 7.12. The maximum atomic E-state index is 12.4. The molecule has 0 aliphatic carbocycles. The highest BCUT2D eigenvalue weighted by Gasteiger charge is 2.38. The standard InChI is InChI=1S/C12H17NO4S2/c1-2-9-3-4-10(7-12(9)13)19(16,17)11-5-6-18(14,15)8-11/h3-4,7,11H,2,5-6,8,13H2,1H3. The molecular weight excluding hydrogens is 286 g/mol. The summed E-state index contributed by atoms with van der Waals surface area (Å²) in [7, 11) is -6.84. The number of benzene rings is 1. The first kappa shape index (κ1) is 14.3. The fourth-order valence-corrected chi connectivity index (χ4v) is 6.66. The lowest BCUT2D eigenvalue weighted by Gasteiger charge is -2.12. The van der Waals surface area contributed by atoms with Crippen molar-refractivity contribution in [1.82, 2.24) is 0 Å². The molecule has 0 spiro atoms. The lowest BCUT2D eigenvalue weighted by molar-refractivity contribution is 0.582. The Morgan fingerprint density at radius 2 is 2.05 bits per heavy atom. The van der Waals surface area contributed by atoms with E-state index in [9.17, 15) is 16.8 Å². The van der Waals surface area contributed by atoms with Gasteiger partial charge >= 0.3 is 0 Å². The SMILES string of the molecule is CCc1ccc(S(=O)(=O)C2CCS(=O)(=O)C2)cc1N. The monoisotopic (exact) mass is 303 g/mol. The molecule has 1 unspecified atom stereocenters. The Kier molecular flexibility index (Phi) is 3.61. The third-order valence-electron chi connectivity index (χ3n) is 3.46. The molecule has 1 aromatic rings. The maximum Gasteiger partial charge on any atom is 0.182 e. The molecule has 1 aliphatic heterocycles. The average molecular weight is 303 g/mol. The van der Waals surface area contributed by atoms with Crippen molar-refractivity contribution in [2.45, 2.75) is 29.9 Å². The fraction of sp³-hybridized carbons (Fsp3) is 0.500. The maximum absolute atomic E-state index is 12.4. The average Bonchev–Trinajstić information content (AvgIpc) is 2.70. The Balaban J connectivity index is 2.38. The molecule has 5 nitrogen and oxygen atoms in total. The first-order valence-corrected chi connectivity index (χ1v) is 9.46. The number of nitrogen functional groups attached to an aromatic ring is 1. The van der Waals surface area contributed by atoms with Crippen LogP contribution in [-0.4, -0.2) is 33.6 Å². The van der Waals surface area contributed by atoms with Crippen molar-refractivity contribution < 1.29 is 16.8 Å². The van der Waals surface area contributed by atoms with Gasteiger partial charge in [-0.3, -0.25) is 0 Å². The van der Waals surface area contributed by atoms with Crippen LogP contribution in [-0.2, 0) is 26.1 Å². The van der Waals surface area contributed by atoms with Gasteiger partial charge in [-0.05, 0) is 30.5 Å². The molecule has 1 saturated heterocycles. The van der Waals surface area contributed by atoms with E-state index in [2.05, 4.69) is 0 Å². The lowest BCUT2D eigenvalue weighted by Crippen LogP contribution is -2.22. The van der Waals surface area contributed by atoms with E-state index in [1.807, 2.05) is 6.92 Å². The van der Waals surface area contributed by atoms with Gasteiger partial charge in [-0.2, -0.15) is 0 Å². The number of rotatable bonds is 3. The molecule has 1 aliphatic rings. The highest BCUT2D eigenvalue weighted by Crippen LogP contribution is 2.27. The van der Waals surface area contributed by atoms with Crippen LogP contribution in [0.4, 0.5) is 5.69 Å². The van der Waals surface area contributed by atoms with Gasteiger partial charge in [0, 0.05) is 5.69 Å². The molecule has 106 valence electrons. The van der Waals surface area contributed by atoms with E-state index in [4.69, 9.17) is 5.73 Å². The number of anilines is 1. The van der Waals surface area contributed by atoms with Crippen LogP contribution in [0.2, 0.25) is 0 Å². The van der Waals surface area contributed by atoms with Gasteiger partial charge in [0.15, 0.2) is 19.7 Å². The van der Waals surface area contributed by atoms with E-state index in [0.717, 1.165) is 12.0 Å². The summed E-state index contributed by atoms with van der Waals surface area (Å²) in [4.78, 5) is 0.115. The smallest absolute Gasteiger partial charge is 0.182 e. The van der Waals surface area contributed by atoms with Crippen molar-refractivity contribution in [1.29, 1.82) is 0 Å². The van der Waals surface area contributed by atoms with Gasteiger partial charge in [0.2, 0.25) is 0 Å². The fourth-order valence-electron chi connectivity index (χ4n) is 2.27. The van der Waals surface area contributed by atoms with Crippen LogP contribution >= 0.6 is 0 Å². The van der Waals surface area contributed by atoms with Crippen molar-refractivity contribution in [3.05, 3.63) is 23.8 Å². The first-order valence-electron chi connectivity index (χ1n) is 6.09. The van der Waals surface area contributed by atoms with E-state index in [1.54, 1.807) is 6.07 Å². The highest BCUT2D eigenvalue weighted by atomic mass is 32.2. The Morgan fingerprint density at radius 3 is 2.53 bits per heavy atom. The molecule has 0 aromatic heterocycles. The highest BCUT2D eigenvalue weighted by molar-refractivity contribution is 7.96. The second-order valence-corrected chi connectivity index (χ2v) is 9.24. The van der Waals surface area contributed by atoms with Gasteiger partial charge in [0.05, 0.1) is 21.7 Å². The van der Waals surface area contributed by atoms with Crippen molar-refractivity contribution >= 4 is 25.4 Å². The Labute approximate surface area is 113 Å². The zero-order chi connectivity index (χ0) is 14.3. The van der Waals surface area contributed by atoms with E-state index in [1.165, 1.54) is 12.1 Å². The Morgan fingerprint density at radius 1 is 1.37 bits per heavy atom. The van der Waals surface area contributed by atoms with Gasteiger partial charge in [-0.25, -0.2) is 16.8 Å². The number of hydrogen-bond acceptors (Lipinski definition) is 5. The minimum absolute atomic E-state index is 0.0561. The van der Waals surface area contributed by atoms with Crippen LogP contribution < -0.4 is 5.73 Å². The molecule has 2 N–H and O–H groups in total. The normalized spacial score (nSPS) is 22.5. The molecule has 1 fully saturated rings. The van der Waals surface area contributed by atoms with Gasteiger partial charge in [-0.15, -0.1) is 0 Å². The minimum atomic E-state index is -3.62. The summed E-state index contributed by atoms with van der Waals surface area (Å²) in [6.07, 6.45) is 0.893. The molecule has 1 atom stereocenters. The van der Waals surface area contributed by atoms with Crippen molar-refractivity contribution in [2.24, 2.45) is 0 Å².